The van der Waals surface area contributed by atoms with E-state index in [1.54, 1.807) is 6.07 Å². The number of benzene rings is 1. The first kappa shape index (κ1) is 15.9. The van der Waals surface area contributed by atoms with Gasteiger partial charge in [0, 0.05) is 19.5 Å². The van der Waals surface area contributed by atoms with E-state index in [0.717, 1.165) is 5.56 Å². The molecule has 0 heterocycles. The quantitative estimate of drug-likeness (QED) is 0.630. The van der Waals surface area contributed by atoms with E-state index in [1.807, 2.05) is 0 Å². The Morgan fingerprint density at radius 2 is 2.05 bits per heavy atom. The van der Waals surface area contributed by atoms with Crippen LogP contribution in [0.25, 0.3) is 0 Å². The number of halogens is 1. The van der Waals surface area contributed by atoms with Crippen molar-refractivity contribution in [1.29, 1.82) is 0 Å². The van der Waals surface area contributed by atoms with Crippen LogP contribution in [0.5, 0.6) is 0 Å². The van der Waals surface area contributed by atoms with Crippen LogP contribution < -0.4 is 16.2 Å². The average Bonchev–Trinajstić information content (AvgIpc) is 2.34. The van der Waals surface area contributed by atoms with Gasteiger partial charge in [0.25, 0.3) is 0 Å². The number of nitrogens with two attached hydrogens (primary N) is 2. The van der Waals surface area contributed by atoms with E-state index in [2.05, 4.69) is 4.72 Å². The first-order valence-electron chi connectivity index (χ1n) is 5.63. The molecule has 0 radical (unpaired) electrons. The highest BCUT2D eigenvalue weighted by molar-refractivity contribution is 7.89. The predicted octanol–water partition coefficient (Wildman–Crippen LogP) is 0.342. The smallest absolute Gasteiger partial charge is 0.242 e. The van der Waals surface area contributed by atoms with Gasteiger partial charge in [0.05, 0.1) is 5.02 Å². The Hall–Kier alpha value is -1.15. The molecule has 1 rings (SSSR count). The summed E-state index contributed by atoms with van der Waals surface area (Å²) in [7, 11) is -3.69. The van der Waals surface area contributed by atoms with Crippen LogP contribution in [0, 0.1) is 0 Å². The molecule has 0 fully saturated rings. The maximum atomic E-state index is 12.0. The summed E-state index contributed by atoms with van der Waals surface area (Å²) in [6, 6.07) is 4.52. The lowest BCUT2D eigenvalue weighted by Crippen LogP contribution is -2.26. The summed E-state index contributed by atoms with van der Waals surface area (Å²) in [4.78, 5) is 10.5. The number of primary amides is 1. The van der Waals surface area contributed by atoms with Crippen molar-refractivity contribution in [2.75, 3.05) is 6.54 Å². The van der Waals surface area contributed by atoms with Crippen LogP contribution in [0.3, 0.4) is 0 Å². The van der Waals surface area contributed by atoms with Crippen LogP contribution in [-0.2, 0) is 21.4 Å². The molecule has 0 bridgehead atoms. The highest BCUT2D eigenvalue weighted by atomic mass is 35.5. The van der Waals surface area contributed by atoms with Gasteiger partial charge in [-0.05, 0) is 24.1 Å². The molecule has 1 aromatic carbocycles. The van der Waals surface area contributed by atoms with E-state index in [0.29, 0.717) is 6.42 Å². The van der Waals surface area contributed by atoms with Gasteiger partial charge >= 0.3 is 0 Å². The number of hydrogen-bond donors (Lipinski definition) is 3. The van der Waals surface area contributed by atoms with E-state index >= 15 is 0 Å². The molecular formula is C11H16ClN3O3S. The monoisotopic (exact) mass is 305 g/mol. The summed E-state index contributed by atoms with van der Waals surface area (Å²) in [5, 5.41) is 0.116. The normalized spacial score (nSPS) is 11.5. The van der Waals surface area contributed by atoms with Crippen molar-refractivity contribution >= 4 is 27.5 Å². The first-order chi connectivity index (χ1) is 8.86. The summed E-state index contributed by atoms with van der Waals surface area (Å²) >= 11 is 5.91. The zero-order valence-electron chi connectivity index (χ0n) is 10.2. The molecule has 0 aliphatic carbocycles. The fourth-order valence-electron chi connectivity index (χ4n) is 1.44. The topological polar surface area (TPSA) is 115 Å². The molecule has 106 valence electrons. The summed E-state index contributed by atoms with van der Waals surface area (Å²) in [5.74, 6) is -0.468. The van der Waals surface area contributed by atoms with Crippen molar-refractivity contribution in [2.24, 2.45) is 11.5 Å². The van der Waals surface area contributed by atoms with E-state index in [1.165, 1.54) is 12.1 Å². The fraction of sp³-hybridized carbons (Fsp3) is 0.364. The van der Waals surface area contributed by atoms with Gasteiger partial charge in [-0.15, -0.1) is 0 Å². The maximum absolute atomic E-state index is 12.0. The minimum atomic E-state index is -3.69. The van der Waals surface area contributed by atoms with Gasteiger partial charge in [0.1, 0.15) is 4.90 Å². The highest BCUT2D eigenvalue weighted by Gasteiger charge is 2.17. The Bertz CT molecular complexity index is 560. The van der Waals surface area contributed by atoms with Crippen LogP contribution in [0.2, 0.25) is 5.02 Å². The molecule has 0 aliphatic rings. The summed E-state index contributed by atoms with van der Waals surface area (Å²) in [6.45, 7) is 0.409. The molecule has 0 aromatic heterocycles. The largest absolute Gasteiger partial charge is 0.370 e. The second-order valence-corrected chi connectivity index (χ2v) is 6.08. The van der Waals surface area contributed by atoms with Gasteiger partial charge in [0.15, 0.2) is 0 Å². The average molecular weight is 306 g/mol. The highest BCUT2D eigenvalue weighted by Crippen LogP contribution is 2.22. The third-order valence-corrected chi connectivity index (χ3v) is 4.36. The molecule has 5 N–H and O–H groups in total. The second-order valence-electron chi connectivity index (χ2n) is 3.94. The molecule has 0 saturated carbocycles. The number of sulfonamides is 1. The molecule has 6 nitrogen and oxygen atoms in total. The Labute approximate surface area is 117 Å². The van der Waals surface area contributed by atoms with E-state index in [4.69, 9.17) is 23.1 Å². The number of amides is 1. The van der Waals surface area contributed by atoms with Crippen LogP contribution in [0.1, 0.15) is 18.4 Å². The molecular weight excluding hydrogens is 290 g/mol. The van der Waals surface area contributed by atoms with E-state index < -0.39 is 15.9 Å². The first-order valence-corrected chi connectivity index (χ1v) is 7.49. The van der Waals surface area contributed by atoms with E-state index in [9.17, 15) is 13.2 Å². The SMILES string of the molecule is NCc1ccc(S(=O)(=O)NCCCC(N)=O)c(Cl)c1. The molecule has 0 saturated heterocycles. The summed E-state index contributed by atoms with van der Waals surface area (Å²) in [6.07, 6.45) is 0.468. The van der Waals surface area contributed by atoms with Crippen molar-refractivity contribution in [3.63, 3.8) is 0 Å². The Morgan fingerprint density at radius 3 is 2.58 bits per heavy atom. The van der Waals surface area contributed by atoms with Crippen molar-refractivity contribution in [3.8, 4) is 0 Å². The van der Waals surface area contributed by atoms with Crippen molar-refractivity contribution < 1.29 is 13.2 Å². The third-order valence-electron chi connectivity index (χ3n) is 2.41. The molecule has 0 atom stereocenters. The molecule has 8 heteroatoms. The minimum absolute atomic E-state index is 0.00885. The van der Waals surface area contributed by atoms with Crippen LogP contribution in [0.4, 0.5) is 0 Å². The van der Waals surface area contributed by atoms with Gasteiger partial charge in [-0.1, -0.05) is 17.7 Å². The van der Waals surface area contributed by atoms with Crippen LogP contribution in [-0.4, -0.2) is 20.9 Å². The summed E-state index contributed by atoms with van der Waals surface area (Å²) < 4.78 is 26.3. The van der Waals surface area contributed by atoms with Crippen LogP contribution >= 0.6 is 11.6 Å². The Morgan fingerprint density at radius 1 is 1.37 bits per heavy atom. The minimum Gasteiger partial charge on any atom is -0.370 e. The number of carbonyl (C=O) groups is 1. The van der Waals surface area contributed by atoms with Crippen LogP contribution in [0.15, 0.2) is 23.1 Å². The zero-order valence-corrected chi connectivity index (χ0v) is 11.8. The third kappa shape index (κ3) is 4.79. The van der Waals surface area contributed by atoms with Gasteiger partial charge < -0.3 is 11.5 Å². The number of nitrogens with one attached hydrogen (secondary N) is 1. The molecule has 0 spiro atoms. The molecule has 19 heavy (non-hydrogen) atoms. The van der Waals surface area contributed by atoms with Crippen molar-refractivity contribution in [1.82, 2.24) is 4.72 Å². The fourth-order valence-corrected chi connectivity index (χ4v) is 3.08. The second kappa shape index (κ2) is 6.85. The summed E-state index contributed by atoms with van der Waals surface area (Å²) in [5.41, 5.74) is 11.1. The molecule has 1 amide bonds. The molecule has 0 aliphatic heterocycles. The van der Waals surface area contributed by atoms with Crippen molar-refractivity contribution in [2.45, 2.75) is 24.3 Å². The predicted molar refractivity (Wildman–Crippen MR) is 73.0 cm³/mol. The van der Waals surface area contributed by atoms with E-state index in [-0.39, 0.29) is 29.4 Å². The number of hydrogen-bond acceptors (Lipinski definition) is 4. The Balaban J connectivity index is 2.74. The van der Waals surface area contributed by atoms with Gasteiger partial charge in [-0.3, -0.25) is 4.79 Å². The standard InChI is InChI=1S/C11H16ClN3O3S/c12-9-6-8(7-13)3-4-10(9)19(17,18)15-5-1-2-11(14)16/h3-4,6,15H,1-2,5,7,13H2,(H2,14,16). The molecule has 1 aromatic rings. The number of carbonyl (C=O) groups excluding carboxylic acids is 1. The Kier molecular flexibility index (Phi) is 5.74. The lowest BCUT2D eigenvalue weighted by molar-refractivity contribution is -0.118. The number of rotatable bonds is 7. The van der Waals surface area contributed by atoms with Gasteiger partial charge in [-0.2, -0.15) is 0 Å². The lowest BCUT2D eigenvalue weighted by Gasteiger charge is -2.09. The maximum Gasteiger partial charge on any atom is 0.242 e. The molecule has 0 unspecified atom stereocenters. The van der Waals surface area contributed by atoms with Crippen molar-refractivity contribution in [3.05, 3.63) is 28.8 Å². The lowest BCUT2D eigenvalue weighted by atomic mass is 10.2. The van der Waals surface area contributed by atoms with Gasteiger partial charge in [0.2, 0.25) is 15.9 Å². The van der Waals surface area contributed by atoms with Gasteiger partial charge in [-0.25, -0.2) is 13.1 Å². The zero-order chi connectivity index (χ0) is 14.5.